The van der Waals surface area contributed by atoms with Crippen molar-refractivity contribution >= 4 is 11.7 Å². The Morgan fingerprint density at radius 3 is 2.71 bits per heavy atom. The predicted octanol–water partition coefficient (Wildman–Crippen LogP) is 1.82. The van der Waals surface area contributed by atoms with Crippen LogP contribution >= 0.6 is 0 Å². The van der Waals surface area contributed by atoms with E-state index in [-0.39, 0.29) is 5.92 Å². The smallest absolute Gasteiger partial charge is 0.292 e. The number of nitrogens with zero attached hydrogens (tertiary/aromatic N) is 2. The molecule has 1 saturated heterocycles. The highest BCUT2D eigenvalue weighted by Gasteiger charge is 2.26. The van der Waals surface area contributed by atoms with E-state index >= 15 is 0 Å². The summed E-state index contributed by atoms with van der Waals surface area (Å²) in [5.41, 5.74) is 2.46. The summed E-state index contributed by atoms with van der Waals surface area (Å²) in [6.45, 7) is 5.38. The first-order chi connectivity index (χ1) is 11.6. The third-order valence-corrected chi connectivity index (χ3v) is 4.30. The number of aryl methyl sites for hydroxylation is 1. The zero-order chi connectivity index (χ0) is 17.1. The number of ketones is 1. The van der Waals surface area contributed by atoms with Crippen molar-refractivity contribution < 1.29 is 14.3 Å². The van der Waals surface area contributed by atoms with Crippen LogP contribution < -0.4 is 5.32 Å². The molecule has 0 radical (unpaired) electrons. The fourth-order valence-electron chi connectivity index (χ4n) is 2.97. The second-order valence-electron chi connectivity index (χ2n) is 6.06. The SMILES string of the molecule is Cc1nn(-c2ccccc2)c(C)c1C(=O)C(=O)NCC1CCOC1. The maximum absolute atomic E-state index is 12.5. The molecule has 6 nitrogen and oxygen atoms in total. The Kier molecular flexibility index (Phi) is 4.76. The van der Waals surface area contributed by atoms with Crippen LogP contribution in [-0.4, -0.2) is 41.2 Å². The lowest BCUT2D eigenvalue weighted by Gasteiger charge is -2.09. The zero-order valence-corrected chi connectivity index (χ0v) is 13.9. The van der Waals surface area contributed by atoms with Gasteiger partial charge in [-0.05, 0) is 32.4 Å². The Balaban J connectivity index is 1.77. The third kappa shape index (κ3) is 3.23. The molecule has 1 atom stereocenters. The maximum atomic E-state index is 12.5. The molecule has 3 rings (SSSR count). The molecule has 0 saturated carbocycles. The molecule has 1 N–H and O–H groups in total. The molecular weight excluding hydrogens is 306 g/mol. The quantitative estimate of drug-likeness (QED) is 0.671. The minimum atomic E-state index is -0.583. The number of benzene rings is 1. The molecule has 0 aliphatic carbocycles. The number of hydrogen-bond donors (Lipinski definition) is 1. The number of nitrogens with one attached hydrogen (secondary N) is 1. The molecule has 1 amide bonds. The van der Waals surface area contributed by atoms with Gasteiger partial charge < -0.3 is 10.1 Å². The van der Waals surface area contributed by atoms with E-state index in [1.807, 2.05) is 30.3 Å². The van der Waals surface area contributed by atoms with Crippen molar-refractivity contribution in [1.29, 1.82) is 0 Å². The van der Waals surface area contributed by atoms with Gasteiger partial charge in [-0.3, -0.25) is 9.59 Å². The molecule has 6 heteroatoms. The number of aromatic nitrogens is 2. The number of para-hydroxylation sites is 1. The lowest BCUT2D eigenvalue weighted by atomic mass is 10.1. The normalized spacial score (nSPS) is 17.0. The van der Waals surface area contributed by atoms with Gasteiger partial charge in [-0.25, -0.2) is 4.68 Å². The average Bonchev–Trinajstić information content (AvgIpc) is 3.21. The standard InChI is InChI=1S/C18H21N3O3/c1-12-16(13(2)21(20-12)15-6-4-3-5-7-15)17(22)18(23)19-10-14-8-9-24-11-14/h3-7,14H,8-11H2,1-2H3,(H,19,23). The number of Topliss-reactive ketones (excluding diaryl/α,β-unsaturated/α-hetero) is 1. The monoisotopic (exact) mass is 327 g/mol. The zero-order valence-electron chi connectivity index (χ0n) is 13.9. The second kappa shape index (κ2) is 6.97. The molecular formula is C18H21N3O3. The Hall–Kier alpha value is -2.47. The summed E-state index contributed by atoms with van der Waals surface area (Å²) in [7, 11) is 0. The first kappa shape index (κ1) is 16.4. The lowest BCUT2D eigenvalue weighted by molar-refractivity contribution is -0.117. The highest BCUT2D eigenvalue weighted by molar-refractivity contribution is 6.43. The Labute approximate surface area is 140 Å². The fourth-order valence-corrected chi connectivity index (χ4v) is 2.97. The second-order valence-corrected chi connectivity index (χ2v) is 6.06. The van der Waals surface area contributed by atoms with Crippen molar-refractivity contribution in [3.63, 3.8) is 0 Å². The fraction of sp³-hybridized carbons (Fsp3) is 0.389. The molecule has 1 aromatic heterocycles. The number of carbonyl (C=O) groups is 2. The average molecular weight is 327 g/mol. The van der Waals surface area contributed by atoms with Crippen molar-refractivity contribution in [3.8, 4) is 5.69 Å². The van der Waals surface area contributed by atoms with Gasteiger partial charge in [0.15, 0.2) is 0 Å². The maximum Gasteiger partial charge on any atom is 0.292 e. The number of amides is 1. The summed E-state index contributed by atoms with van der Waals surface area (Å²) >= 11 is 0. The molecule has 2 aromatic rings. The highest BCUT2D eigenvalue weighted by Crippen LogP contribution is 2.18. The third-order valence-electron chi connectivity index (χ3n) is 4.30. The summed E-state index contributed by atoms with van der Waals surface area (Å²) in [4.78, 5) is 24.8. The first-order valence-electron chi connectivity index (χ1n) is 8.10. The van der Waals surface area contributed by atoms with E-state index in [1.54, 1.807) is 18.5 Å². The number of carbonyl (C=O) groups excluding carboxylic acids is 2. The van der Waals surface area contributed by atoms with Crippen LogP contribution in [0.15, 0.2) is 30.3 Å². The highest BCUT2D eigenvalue weighted by atomic mass is 16.5. The van der Waals surface area contributed by atoms with Crippen LogP contribution in [0.2, 0.25) is 0 Å². The largest absolute Gasteiger partial charge is 0.381 e. The van der Waals surface area contributed by atoms with E-state index < -0.39 is 11.7 Å². The summed E-state index contributed by atoms with van der Waals surface area (Å²) < 4.78 is 6.97. The van der Waals surface area contributed by atoms with Crippen LogP contribution in [0.3, 0.4) is 0 Å². The topological polar surface area (TPSA) is 73.2 Å². The van der Waals surface area contributed by atoms with E-state index in [0.717, 1.165) is 18.7 Å². The molecule has 0 bridgehead atoms. The van der Waals surface area contributed by atoms with Crippen molar-refractivity contribution in [3.05, 3.63) is 47.3 Å². The van der Waals surface area contributed by atoms with Gasteiger partial charge in [0.25, 0.3) is 11.7 Å². The van der Waals surface area contributed by atoms with Gasteiger partial charge in [0.2, 0.25) is 0 Å². The van der Waals surface area contributed by atoms with Crippen molar-refractivity contribution in [2.45, 2.75) is 20.3 Å². The number of ether oxygens (including phenoxy) is 1. The molecule has 2 heterocycles. The van der Waals surface area contributed by atoms with E-state index in [2.05, 4.69) is 10.4 Å². The van der Waals surface area contributed by atoms with Crippen molar-refractivity contribution in [2.24, 2.45) is 5.92 Å². The predicted molar refractivity (Wildman–Crippen MR) is 89.3 cm³/mol. The molecule has 24 heavy (non-hydrogen) atoms. The molecule has 0 spiro atoms. The van der Waals surface area contributed by atoms with Gasteiger partial charge in [0.1, 0.15) is 0 Å². The molecule has 126 valence electrons. The van der Waals surface area contributed by atoms with Crippen molar-refractivity contribution in [2.75, 3.05) is 19.8 Å². The van der Waals surface area contributed by atoms with Gasteiger partial charge in [0, 0.05) is 19.1 Å². The summed E-state index contributed by atoms with van der Waals surface area (Å²) in [5, 5.41) is 7.14. The van der Waals surface area contributed by atoms with Gasteiger partial charge in [-0.15, -0.1) is 0 Å². The van der Waals surface area contributed by atoms with Gasteiger partial charge in [0.05, 0.1) is 29.2 Å². The summed E-state index contributed by atoms with van der Waals surface area (Å²) in [6, 6.07) is 9.55. The Bertz CT molecular complexity index is 746. The van der Waals surface area contributed by atoms with Crippen LogP contribution in [0.5, 0.6) is 0 Å². The van der Waals surface area contributed by atoms with E-state index in [1.165, 1.54) is 0 Å². The van der Waals surface area contributed by atoms with E-state index in [4.69, 9.17) is 4.74 Å². The molecule has 1 aliphatic heterocycles. The number of rotatable bonds is 5. The lowest BCUT2D eigenvalue weighted by Crippen LogP contribution is -2.35. The molecule has 1 aliphatic rings. The van der Waals surface area contributed by atoms with Gasteiger partial charge >= 0.3 is 0 Å². The van der Waals surface area contributed by atoms with Gasteiger partial charge in [-0.1, -0.05) is 18.2 Å². The Morgan fingerprint density at radius 1 is 1.29 bits per heavy atom. The minimum Gasteiger partial charge on any atom is -0.381 e. The molecule has 1 fully saturated rings. The summed E-state index contributed by atoms with van der Waals surface area (Å²) in [5.74, 6) is -0.831. The van der Waals surface area contributed by atoms with Crippen LogP contribution in [0.4, 0.5) is 0 Å². The van der Waals surface area contributed by atoms with Crippen molar-refractivity contribution in [1.82, 2.24) is 15.1 Å². The Morgan fingerprint density at radius 2 is 2.04 bits per heavy atom. The van der Waals surface area contributed by atoms with Crippen LogP contribution in [0, 0.1) is 19.8 Å². The van der Waals surface area contributed by atoms with Crippen LogP contribution in [0.1, 0.15) is 28.2 Å². The van der Waals surface area contributed by atoms with Gasteiger partial charge in [-0.2, -0.15) is 5.10 Å². The first-order valence-corrected chi connectivity index (χ1v) is 8.10. The van der Waals surface area contributed by atoms with Crippen LogP contribution in [-0.2, 0) is 9.53 Å². The number of hydrogen-bond acceptors (Lipinski definition) is 4. The summed E-state index contributed by atoms with van der Waals surface area (Å²) in [6.07, 6.45) is 0.915. The molecule has 1 aromatic carbocycles. The van der Waals surface area contributed by atoms with Crippen LogP contribution in [0.25, 0.3) is 5.69 Å². The molecule has 1 unspecified atom stereocenters. The van der Waals surface area contributed by atoms with E-state index in [9.17, 15) is 9.59 Å². The minimum absolute atomic E-state index is 0.288. The van der Waals surface area contributed by atoms with E-state index in [0.29, 0.717) is 30.1 Å².